The molecule has 21 heteroatoms. The molecule has 0 spiro atoms. The van der Waals surface area contributed by atoms with E-state index in [-0.39, 0.29) is 54.6 Å². The van der Waals surface area contributed by atoms with Crippen LogP contribution in [0.2, 0.25) is 0 Å². The largest absolute Gasteiger partial charge is 0.374 e. The lowest BCUT2D eigenvalue weighted by atomic mass is 9.85. The lowest BCUT2D eigenvalue weighted by Gasteiger charge is -2.44. The Morgan fingerprint density at radius 1 is 1.08 bits per heavy atom. The maximum atomic E-state index is 16.2. The van der Waals surface area contributed by atoms with E-state index < -0.39 is 60.1 Å². The number of piperidine rings is 2. The van der Waals surface area contributed by atoms with Crippen LogP contribution in [0.4, 0.5) is 34.8 Å². The molecule has 17 nitrogen and oxygen atoms in total. The number of ether oxygens (including phenoxy) is 1. The van der Waals surface area contributed by atoms with Crippen molar-refractivity contribution in [2.24, 2.45) is 13.0 Å². The number of nitrogens with one attached hydrogen (secondary N) is 2. The summed E-state index contributed by atoms with van der Waals surface area (Å²) in [5.41, 5.74) is 0.678. The lowest BCUT2D eigenvalue weighted by Crippen LogP contribution is -2.58. The van der Waals surface area contributed by atoms with Crippen LogP contribution in [0.3, 0.4) is 0 Å². The zero-order valence-electron chi connectivity index (χ0n) is 34.8. The molecule has 5 aliphatic rings. The molecule has 5 fully saturated rings. The highest BCUT2D eigenvalue weighted by Crippen LogP contribution is 2.40. The summed E-state index contributed by atoms with van der Waals surface area (Å²) in [6, 6.07) is 4.97. The zero-order chi connectivity index (χ0) is 43.9. The van der Waals surface area contributed by atoms with E-state index in [0.29, 0.717) is 80.1 Å². The number of nitrogens with zero attached hydrogens (tertiary/aromatic N) is 10. The van der Waals surface area contributed by atoms with E-state index in [0.717, 1.165) is 6.42 Å². The highest BCUT2D eigenvalue weighted by Gasteiger charge is 2.48. The van der Waals surface area contributed by atoms with E-state index in [2.05, 4.69) is 25.7 Å². The Hall–Kier alpha value is -5.83. The van der Waals surface area contributed by atoms with Gasteiger partial charge in [-0.15, -0.1) is 0 Å². The fraction of sp³-hybridized carbons (Fsp3) is 0.548. The zero-order valence-corrected chi connectivity index (χ0v) is 34.8. The monoisotopic (exact) mass is 876 g/mol. The number of rotatable bonds is 10. The molecule has 2 bridgehead atoms. The van der Waals surface area contributed by atoms with E-state index in [9.17, 15) is 28.0 Å². The number of benzene rings is 1. The number of amides is 3. The molecule has 10 rings (SSSR count). The van der Waals surface area contributed by atoms with Crippen molar-refractivity contribution >= 4 is 51.6 Å². The van der Waals surface area contributed by atoms with Crippen molar-refractivity contribution in [3.8, 4) is 0 Å². The molecule has 4 aliphatic heterocycles. The van der Waals surface area contributed by atoms with Crippen molar-refractivity contribution in [1.82, 2.24) is 43.7 Å². The number of imidazole rings is 1. The maximum absolute atomic E-state index is 16.2. The van der Waals surface area contributed by atoms with Gasteiger partial charge in [0.25, 0.3) is 18.3 Å². The number of aryl methyl sites for hydroxylation is 1. The summed E-state index contributed by atoms with van der Waals surface area (Å²) in [6.45, 7) is 1.48. The second-order valence-electron chi connectivity index (χ2n) is 17.7. The number of halogens is 4. The summed E-state index contributed by atoms with van der Waals surface area (Å²) < 4.78 is 72.4. The summed E-state index contributed by atoms with van der Waals surface area (Å²) in [7, 11) is 3.27. The van der Waals surface area contributed by atoms with Crippen molar-refractivity contribution < 1.29 is 36.7 Å². The van der Waals surface area contributed by atoms with Crippen molar-refractivity contribution in [3.05, 3.63) is 64.6 Å². The molecule has 8 heterocycles. The topological polar surface area (TPSA) is 169 Å². The average Bonchev–Trinajstić information content (AvgIpc) is 4.11. The van der Waals surface area contributed by atoms with Gasteiger partial charge in [-0.2, -0.15) is 10.2 Å². The first-order valence-corrected chi connectivity index (χ1v) is 21.5. The van der Waals surface area contributed by atoms with Gasteiger partial charge < -0.3 is 19.9 Å². The Morgan fingerprint density at radius 2 is 1.89 bits per heavy atom. The van der Waals surface area contributed by atoms with Gasteiger partial charge >= 0.3 is 5.69 Å². The number of para-hydroxylation sites is 1. The van der Waals surface area contributed by atoms with Gasteiger partial charge in [0.15, 0.2) is 11.3 Å². The fourth-order valence-electron chi connectivity index (χ4n) is 10.6. The molecule has 1 saturated carbocycles. The van der Waals surface area contributed by atoms with Crippen LogP contribution in [0, 0.1) is 5.92 Å². The van der Waals surface area contributed by atoms with Crippen LogP contribution in [0.5, 0.6) is 0 Å². The first kappa shape index (κ1) is 41.2. The van der Waals surface area contributed by atoms with Crippen LogP contribution in [0.25, 0.3) is 16.7 Å². The summed E-state index contributed by atoms with van der Waals surface area (Å²) in [5.74, 6) is -3.93. The minimum atomic E-state index is -3.11. The van der Waals surface area contributed by atoms with Crippen LogP contribution >= 0.6 is 0 Å². The molecule has 4 atom stereocenters. The van der Waals surface area contributed by atoms with Crippen molar-refractivity contribution in [1.29, 1.82) is 0 Å². The van der Waals surface area contributed by atoms with Crippen LogP contribution in [-0.4, -0.2) is 120 Å². The smallest absolute Gasteiger partial charge is 0.329 e. The molecular weight excluding hydrogens is 829 g/mol. The predicted molar refractivity (Wildman–Crippen MR) is 221 cm³/mol. The number of alkyl halides is 4. The Labute approximate surface area is 357 Å². The number of imide groups is 1. The van der Waals surface area contributed by atoms with Crippen molar-refractivity contribution in [2.75, 3.05) is 55.0 Å². The number of hydrogen-bond acceptors (Lipinski definition) is 11. The number of carbonyl (C=O) groups is 3. The highest BCUT2D eigenvalue weighted by atomic mass is 19.3. The van der Waals surface area contributed by atoms with Crippen LogP contribution in [-0.2, 0) is 21.4 Å². The van der Waals surface area contributed by atoms with Gasteiger partial charge in [-0.05, 0) is 76.1 Å². The van der Waals surface area contributed by atoms with E-state index in [1.165, 1.54) is 30.7 Å². The molecule has 3 amide bonds. The maximum Gasteiger partial charge on any atom is 0.329 e. The van der Waals surface area contributed by atoms with Gasteiger partial charge in [0.05, 0.1) is 66.0 Å². The second kappa shape index (κ2) is 15.8. The average molecular weight is 877 g/mol. The predicted octanol–water partition coefficient (Wildman–Crippen LogP) is 4.30. The third-order valence-electron chi connectivity index (χ3n) is 13.8. The summed E-state index contributed by atoms with van der Waals surface area (Å²) >= 11 is 0. The molecule has 2 N–H and O–H groups in total. The van der Waals surface area contributed by atoms with Crippen LogP contribution < -0.4 is 26.1 Å². The molecule has 63 heavy (non-hydrogen) atoms. The second-order valence-corrected chi connectivity index (χ2v) is 17.7. The Balaban J connectivity index is 0.772. The molecule has 4 aromatic heterocycles. The molecule has 334 valence electrons. The molecule has 5 aromatic rings. The van der Waals surface area contributed by atoms with Crippen molar-refractivity contribution in [2.45, 2.75) is 94.0 Å². The van der Waals surface area contributed by atoms with Gasteiger partial charge in [0.1, 0.15) is 17.4 Å². The first-order valence-electron chi connectivity index (χ1n) is 21.5. The number of fused-ring (bicyclic) bond motifs is 4. The minimum Gasteiger partial charge on any atom is -0.374 e. The van der Waals surface area contributed by atoms with Crippen molar-refractivity contribution in [3.63, 3.8) is 0 Å². The third-order valence-corrected chi connectivity index (χ3v) is 13.8. The fourth-order valence-corrected chi connectivity index (χ4v) is 10.6. The summed E-state index contributed by atoms with van der Waals surface area (Å²) in [5, 5.41) is 13.4. The number of carbonyl (C=O) groups excluding carboxylic acids is 3. The quantitative estimate of drug-likeness (QED) is 0.152. The highest BCUT2D eigenvalue weighted by molar-refractivity contribution is 6.08. The Morgan fingerprint density at radius 3 is 2.60 bits per heavy atom. The molecule has 0 radical (unpaired) electrons. The van der Waals surface area contributed by atoms with Crippen LogP contribution in [0.15, 0.2) is 47.7 Å². The number of morpholine rings is 1. The van der Waals surface area contributed by atoms with Gasteiger partial charge in [-0.1, -0.05) is 6.07 Å². The molecule has 1 aliphatic carbocycles. The summed E-state index contributed by atoms with van der Waals surface area (Å²) in [4.78, 5) is 61.7. The van der Waals surface area contributed by atoms with E-state index >= 15 is 8.78 Å². The number of hydrogen-bond donors (Lipinski definition) is 2. The standard InChI is InChI=1S/C42H48F4N12O5/c1-52(32-12-14-54(22-42(32,45)46)29-4-3-5-30-36(29)53(2)41(62)58(30)31-10-11-34(59)50-40(31)61)18-23-6-8-24(9-7-23)57-20-28(35(51-57)37(43)44)48-39(60)27-17-47-56-15-13-33(49-38(27)56)55-19-26-16-25(55)21-63-26/h3-5,13,15,17,20,23-26,31-32,37H,6-12,14,16,18-19,21-22H2,1-2H3,(H,48,60)(H,50,59,61)/t23?,24?,25-,26-,31?,32?/m1/s1. The Bertz CT molecular complexity index is 2670. The number of aromatic nitrogens is 7. The SMILES string of the molecule is CN(CC1CCC(n2cc(NC(=O)c3cnn4ccc(N5C[C@H]6C[C@@H]5CO6)nc34)c(C(F)F)n2)CC1)C1CCN(c2cccc3c2n(C)c(=O)n3C2CCC(=O)NC2=O)CC1(F)F. The third kappa shape index (κ3) is 7.31. The van der Waals surface area contributed by atoms with Gasteiger partial charge in [-0.25, -0.2) is 31.9 Å². The van der Waals surface area contributed by atoms with Gasteiger partial charge in [0.2, 0.25) is 11.8 Å². The minimum absolute atomic E-state index is 0.0878. The lowest BCUT2D eigenvalue weighted by molar-refractivity contribution is -0.135. The molecule has 2 unspecified atom stereocenters. The molecule has 1 aromatic carbocycles. The van der Waals surface area contributed by atoms with Gasteiger partial charge in [-0.3, -0.25) is 38.4 Å². The first-order chi connectivity index (χ1) is 30.2. The van der Waals surface area contributed by atoms with Crippen LogP contribution in [0.1, 0.15) is 85.9 Å². The summed E-state index contributed by atoms with van der Waals surface area (Å²) in [6.07, 6.45) is 5.59. The van der Waals surface area contributed by atoms with E-state index in [1.807, 2.05) is 6.07 Å². The van der Waals surface area contributed by atoms with E-state index in [4.69, 9.17) is 9.72 Å². The molecular formula is C42H48F4N12O5. The molecule has 4 saturated heterocycles. The van der Waals surface area contributed by atoms with E-state index in [1.54, 1.807) is 48.3 Å². The Kier molecular flexibility index (Phi) is 10.3. The number of anilines is 3. The normalized spacial score (nSPS) is 26.2. The van der Waals surface area contributed by atoms with Gasteiger partial charge in [0, 0.05) is 45.5 Å².